The number of carbonyl (C=O) groups is 1. The van der Waals surface area contributed by atoms with Crippen molar-refractivity contribution in [3.8, 4) is 0 Å². The maximum absolute atomic E-state index is 11.2. The fourth-order valence-corrected chi connectivity index (χ4v) is 1.22. The van der Waals surface area contributed by atoms with Gasteiger partial charge in [0.2, 0.25) is 0 Å². The minimum atomic E-state index is -0.453. The highest BCUT2D eigenvalue weighted by molar-refractivity contribution is 5.73. The minimum Gasteiger partial charge on any atom is -0.338 e. The molecule has 1 aromatic carbocycles. The van der Waals surface area contributed by atoms with Crippen molar-refractivity contribution in [3.05, 3.63) is 39.9 Å². The average Bonchev–Trinajstić information content (AvgIpc) is 2.34. The Balaban J connectivity index is 2.42. The lowest BCUT2D eigenvalue weighted by molar-refractivity contribution is -0.384. The standard InChI is InChI=1S/C11H15N3O3/c1-2-7-12-11(15)13-8-9-3-5-10(6-4-9)14(16)17/h3-6H,2,7-8H2,1H3,(H2,12,13,15). The van der Waals surface area contributed by atoms with Crippen LogP contribution in [0.2, 0.25) is 0 Å². The Bertz CT molecular complexity index is 389. The molecule has 0 spiro atoms. The molecule has 92 valence electrons. The molecule has 1 aromatic rings. The molecule has 2 amide bonds. The van der Waals surface area contributed by atoms with Crippen LogP contribution in [0.3, 0.4) is 0 Å². The molecule has 6 nitrogen and oxygen atoms in total. The van der Waals surface area contributed by atoms with E-state index in [9.17, 15) is 14.9 Å². The van der Waals surface area contributed by atoms with Gasteiger partial charge in [-0.1, -0.05) is 19.1 Å². The molecule has 0 aliphatic heterocycles. The summed E-state index contributed by atoms with van der Waals surface area (Å²) < 4.78 is 0. The van der Waals surface area contributed by atoms with Gasteiger partial charge in [0.1, 0.15) is 0 Å². The Morgan fingerprint density at radius 2 is 1.94 bits per heavy atom. The molecule has 0 aliphatic carbocycles. The number of nitro groups is 1. The van der Waals surface area contributed by atoms with Crippen molar-refractivity contribution in [3.63, 3.8) is 0 Å². The number of carbonyl (C=O) groups excluding carboxylic acids is 1. The van der Waals surface area contributed by atoms with Crippen LogP contribution in [0, 0.1) is 10.1 Å². The summed E-state index contributed by atoms with van der Waals surface area (Å²) in [6, 6.07) is 5.85. The highest BCUT2D eigenvalue weighted by Gasteiger charge is 2.04. The minimum absolute atomic E-state index is 0.0455. The summed E-state index contributed by atoms with van der Waals surface area (Å²) in [4.78, 5) is 21.2. The van der Waals surface area contributed by atoms with Crippen molar-refractivity contribution in [1.29, 1.82) is 0 Å². The van der Waals surface area contributed by atoms with Gasteiger partial charge in [0, 0.05) is 25.2 Å². The Labute approximate surface area is 99.2 Å². The second-order valence-electron chi connectivity index (χ2n) is 3.53. The molecule has 0 aromatic heterocycles. The molecule has 0 radical (unpaired) electrons. The lowest BCUT2D eigenvalue weighted by Crippen LogP contribution is -2.35. The Morgan fingerprint density at radius 3 is 2.47 bits per heavy atom. The molecule has 6 heteroatoms. The largest absolute Gasteiger partial charge is 0.338 e. The molecular formula is C11H15N3O3. The van der Waals surface area contributed by atoms with Gasteiger partial charge in [-0.3, -0.25) is 10.1 Å². The Morgan fingerprint density at radius 1 is 1.29 bits per heavy atom. The summed E-state index contributed by atoms with van der Waals surface area (Å²) in [7, 11) is 0. The van der Waals surface area contributed by atoms with E-state index in [0.29, 0.717) is 13.1 Å². The predicted octanol–water partition coefficient (Wildman–Crippen LogP) is 1.80. The Hall–Kier alpha value is -2.11. The maximum Gasteiger partial charge on any atom is 0.315 e. The molecule has 0 unspecified atom stereocenters. The van der Waals surface area contributed by atoms with E-state index in [1.54, 1.807) is 12.1 Å². The highest BCUT2D eigenvalue weighted by atomic mass is 16.6. The van der Waals surface area contributed by atoms with E-state index in [2.05, 4.69) is 10.6 Å². The topological polar surface area (TPSA) is 84.3 Å². The van der Waals surface area contributed by atoms with Gasteiger partial charge < -0.3 is 10.6 Å². The zero-order valence-corrected chi connectivity index (χ0v) is 9.60. The molecule has 2 N–H and O–H groups in total. The normalized spacial score (nSPS) is 9.71. The summed E-state index contributed by atoms with van der Waals surface area (Å²) in [6.45, 7) is 2.95. The monoisotopic (exact) mass is 237 g/mol. The fourth-order valence-electron chi connectivity index (χ4n) is 1.22. The number of nitrogens with zero attached hydrogens (tertiary/aromatic N) is 1. The van der Waals surface area contributed by atoms with Gasteiger partial charge in [-0.2, -0.15) is 0 Å². The second kappa shape index (κ2) is 6.47. The third-order valence-electron chi connectivity index (χ3n) is 2.14. The number of benzene rings is 1. The molecular weight excluding hydrogens is 222 g/mol. The molecule has 17 heavy (non-hydrogen) atoms. The number of non-ortho nitro benzene ring substituents is 1. The van der Waals surface area contributed by atoms with Gasteiger partial charge in [-0.25, -0.2) is 4.79 Å². The van der Waals surface area contributed by atoms with Crippen molar-refractivity contribution in [1.82, 2.24) is 10.6 Å². The number of rotatable bonds is 5. The van der Waals surface area contributed by atoms with Gasteiger partial charge in [-0.05, 0) is 12.0 Å². The Kier molecular flexibility index (Phi) is 4.93. The molecule has 0 aliphatic rings. The first-order valence-corrected chi connectivity index (χ1v) is 5.38. The van der Waals surface area contributed by atoms with Crippen LogP contribution in [-0.2, 0) is 6.54 Å². The highest BCUT2D eigenvalue weighted by Crippen LogP contribution is 2.11. The number of nitrogens with one attached hydrogen (secondary N) is 2. The quantitative estimate of drug-likeness (QED) is 0.605. The summed E-state index contributed by atoms with van der Waals surface area (Å²) >= 11 is 0. The van der Waals surface area contributed by atoms with Crippen molar-refractivity contribution < 1.29 is 9.72 Å². The molecule has 0 saturated carbocycles. The second-order valence-corrected chi connectivity index (χ2v) is 3.53. The van der Waals surface area contributed by atoms with Crippen molar-refractivity contribution in [2.45, 2.75) is 19.9 Å². The fraction of sp³-hybridized carbons (Fsp3) is 0.364. The smallest absolute Gasteiger partial charge is 0.315 e. The average molecular weight is 237 g/mol. The molecule has 0 saturated heterocycles. The summed E-state index contributed by atoms with van der Waals surface area (Å²) in [5, 5.41) is 15.8. The van der Waals surface area contributed by atoms with Gasteiger partial charge in [0.25, 0.3) is 5.69 Å². The lowest BCUT2D eigenvalue weighted by atomic mass is 10.2. The van der Waals surface area contributed by atoms with E-state index in [-0.39, 0.29) is 11.7 Å². The predicted molar refractivity (Wildman–Crippen MR) is 63.6 cm³/mol. The molecule has 0 bridgehead atoms. The third kappa shape index (κ3) is 4.50. The molecule has 0 atom stereocenters. The van der Waals surface area contributed by atoms with Crippen LogP contribution < -0.4 is 10.6 Å². The van der Waals surface area contributed by atoms with E-state index in [1.165, 1.54) is 12.1 Å². The first-order chi connectivity index (χ1) is 8.13. The molecule has 1 rings (SSSR count). The summed E-state index contributed by atoms with van der Waals surface area (Å²) in [5.74, 6) is 0. The van der Waals surface area contributed by atoms with E-state index >= 15 is 0 Å². The number of nitro benzene ring substituents is 1. The van der Waals surface area contributed by atoms with E-state index in [0.717, 1.165) is 12.0 Å². The first kappa shape index (κ1) is 13.0. The molecule has 0 fully saturated rings. The van der Waals surface area contributed by atoms with Crippen LogP contribution in [0.15, 0.2) is 24.3 Å². The van der Waals surface area contributed by atoms with Crippen LogP contribution >= 0.6 is 0 Å². The van der Waals surface area contributed by atoms with Gasteiger partial charge in [0.05, 0.1) is 4.92 Å². The first-order valence-electron chi connectivity index (χ1n) is 5.38. The van der Waals surface area contributed by atoms with Crippen molar-refractivity contribution in [2.75, 3.05) is 6.54 Å². The SMILES string of the molecule is CCCNC(=O)NCc1ccc([N+](=O)[O-])cc1. The van der Waals surface area contributed by atoms with Gasteiger partial charge in [-0.15, -0.1) is 0 Å². The summed E-state index contributed by atoms with van der Waals surface area (Å²) in [5.41, 5.74) is 0.867. The van der Waals surface area contributed by atoms with E-state index in [4.69, 9.17) is 0 Å². The van der Waals surface area contributed by atoms with E-state index in [1.807, 2.05) is 6.92 Å². The van der Waals surface area contributed by atoms with Crippen LogP contribution in [-0.4, -0.2) is 17.5 Å². The van der Waals surface area contributed by atoms with Crippen LogP contribution in [0.25, 0.3) is 0 Å². The van der Waals surface area contributed by atoms with Gasteiger partial charge >= 0.3 is 6.03 Å². The lowest BCUT2D eigenvalue weighted by Gasteiger charge is -2.06. The van der Waals surface area contributed by atoms with Crippen molar-refractivity contribution in [2.24, 2.45) is 0 Å². The number of urea groups is 1. The zero-order valence-electron chi connectivity index (χ0n) is 9.60. The maximum atomic E-state index is 11.2. The zero-order chi connectivity index (χ0) is 12.7. The third-order valence-corrected chi connectivity index (χ3v) is 2.14. The molecule has 0 heterocycles. The van der Waals surface area contributed by atoms with Crippen LogP contribution in [0.5, 0.6) is 0 Å². The number of hydrogen-bond donors (Lipinski definition) is 2. The summed E-state index contributed by atoms with van der Waals surface area (Å²) in [6.07, 6.45) is 0.880. The number of hydrogen-bond acceptors (Lipinski definition) is 3. The van der Waals surface area contributed by atoms with Crippen LogP contribution in [0.4, 0.5) is 10.5 Å². The van der Waals surface area contributed by atoms with E-state index < -0.39 is 4.92 Å². The van der Waals surface area contributed by atoms with Crippen LogP contribution in [0.1, 0.15) is 18.9 Å². The number of amides is 2. The van der Waals surface area contributed by atoms with Crippen molar-refractivity contribution >= 4 is 11.7 Å². The van der Waals surface area contributed by atoms with Gasteiger partial charge in [0.15, 0.2) is 0 Å².